The fourth-order valence-corrected chi connectivity index (χ4v) is 2.49. The van der Waals surface area contributed by atoms with Crippen LogP contribution in [0, 0.1) is 0 Å². The van der Waals surface area contributed by atoms with Gasteiger partial charge in [0, 0.05) is 30.9 Å². The highest BCUT2D eigenvalue weighted by Crippen LogP contribution is 2.16. The smallest absolute Gasteiger partial charge is 0.321 e. The summed E-state index contributed by atoms with van der Waals surface area (Å²) < 4.78 is 5.60. The van der Waals surface area contributed by atoms with Crippen LogP contribution in [0.1, 0.15) is 37.0 Å². The van der Waals surface area contributed by atoms with E-state index >= 15 is 0 Å². The van der Waals surface area contributed by atoms with Gasteiger partial charge in [-0.1, -0.05) is 0 Å². The standard InChI is InChI=1S/C16H22N2O3/c1-3-21-15-5-4-10-18(11-15)16(20)17-14-8-6-13(7-9-14)12(2)19/h6-9,15H,3-5,10-11H2,1-2H3,(H,17,20). The van der Waals surface area contributed by atoms with Crippen LogP contribution < -0.4 is 5.32 Å². The third-order valence-corrected chi connectivity index (χ3v) is 3.61. The maximum Gasteiger partial charge on any atom is 0.321 e. The highest BCUT2D eigenvalue weighted by Gasteiger charge is 2.23. The van der Waals surface area contributed by atoms with Gasteiger partial charge in [-0.2, -0.15) is 0 Å². The van der Waals surface area contributed by atoms with Gasteiger partial charge < -0.3 is 15.0 Å². The quantitative estimate of drug-likeness (QED) is 0.867. The van der Waals surface area contributed by atoms with E-state index in [4.69, 9.17) is 4.74 Å². The van der Waals surface area contributed by atoms with E-state index in [1.54, 1.807) is 29.2 Å². The molecule has 1 saturated heterocycles. The lowest BCUT2D eigenvalue weighted by atomic mass is 10.1. The Balaban J connectivity index is 1.92. The highest BCUT2D eigenvalue weighted by molar-refractivity contribution is 5.95. The summed E-state index contributed by atoms with van der Waals surface area (Å²) in [6.45, 7) is 5.55. The van der Waals surface area contributed by atoms with Crippen molar-refractivity contribution >= 4 is 17.5 Å². The number of Topliss-reactive ketones (excluding diaryl/α,β-unsaturated/α-hetero) is 1. The molecule has 0 aromatic heterocycles. The molecule has 1 unspecified atom stereocenters. The second-order valence-corrected chi connectivity index (χ2v) is 5.23. The molecule has 1 heterocycles. The minimum absolute atomic E-state index is 0.0171. The molecule has 1 aliphatic rings. The number of likely N-dealkylation sites (tertiary alicyclic amines) is 1. The molecule has 1 atom stereocenters. The van der Waals surface area contributed by atoms with Crippen molar-refractivity contribution in [2.75, 3.05) is 25.0 Å². The van der Waals surface area contributed by atoms with Gasteiger partial charge in [-0.3, -0.25) is 4.79 Å². The number of rotatable bonds is 4. The van der Waals surface area contributed by atoms with Gasteiger partial charge in [0.1, 0.15) is 0 Å². The molecule has 1 N–H and O–H groups in total. The van der Waals surface area contributed by atoms with E-state index in [1.807, 2.05) is 6.92 Å². The second kappa shape index (κ2) is 7.22. The first-order valence-corrected chi connectivity index (χ1v) is 7.38. The van der Waals surface area contributed by atoms with E-state index in [9.17, 15) is 9.59 Å². The molecular formula is C16H22N2O3. The summed E-state index contributed by atoms with van der Waals surface area (Å²) >= 11 is 0. The van der Waals surface area contributed by atoms with Crippen molar-refractivity contribution in [1.29, 1.82) is 0 Å². The van der Waals surface area contributed by atoms with Crippen LogP contribution in [0.15, 0.2) is 24.3 Å². The van der Waals surface area contributed by atoms with E-state index in [1.165, 1.54) is 6.92 Å². The number of ketones is 1. The Hall–Kier alpha value is -1.88. The van der Waals surface area contributed by atoms with E-state index < -0.39 is 0 Å². The van der Waals surface area contributed by atoms with Crippen LogP contribution in [0.25, 0.3) is 0 Å². The lowest BCUT2D eigenvalue weighted by molar-refractivity contribution is 0.0181. The molecule has 1 aromatic carbocycles. The number of nitrogens with one attached hydrogen (secondary N) is 1. The predicted octanol–water partition coefficient (Wildman–Crippen LogP) is 2.92. The van der Waals surface area contributed by atoms with Crippen molar-refractivity contribution in [3.8, 4) is 0 Å². The topological polar surface area (TPSA) is 58.6 Å². The Morgan fingerprint density at radius 2 is 2.05 bits per heavy atom. The lowest BCUT2D eigenvalue weighted by Gasteiger charge is -2.32. The van der Waals surface area contributed by atoms with Crippen molar-refractivity contribution in [3.05, 3.63) is 29.8 Å². The SMILES string of the molecule is CCOC1CCCN(C(=O)Nc2ccc(C(C)=O)cc2)C1. The number of piperidine rings is 1. The normalized spacial score (nSPS) is 18.4. The van der Waals surface area contributed by atoms with E-state index in [0.29, 0.717) is 24.4 Å². The monoisotopic (exact) mass is 290 g/mol. The van der Waals surface area contributed by atoms with Crippen molar-refractivity contribution in [2.24, 2.45) is 0 Å². The van der Waals surface area contributed by atoms with Crippen LogP contribution >= 0.6 is 0 Å². The van der Waals surface area contributed by atoms with Crippen LogP contribution in [-0.4, -0.2) is 42.5 Å². The number of nitrogens with zero attached hydrogens (tertiary/aromatic N) is 1. The van der Waals surface area contributed by atoms with Gasteiger partial charge in [0.25, 0.3) is 0 Å². The molecule has 1 aromatic rings. The molecule has 5 heteroatoms. The first-order chi connectivity index (χ1) is 10.1. The summed E-state index contributed by atoms with van der Waals surface area (Å²) in [5.74, 6) is 0.0171. The molecule has 114 valence electrons. The van der Waals surface area contributed by atoms with Crippen LogP contribution in [0.2, 0.25) is 0 Å². The van der Waals surface area contributed by atoms with Crippen LogP contribution in [0.4, 0.5) is 10.5 Å². The number of carbonyl (C=O) groups is 2. The van der Waals surface area contributed by atoms with E-state index in [0.717, 1.165) is 19.4 Å². The minimum atomic E-state index is -0.116. The van der Waals surface area contributed by atoms with Gasteiger partial charge in [0.05, 0.1) is 6.10 Å². The Morgan fingerprint density at radius 3 is 2.67 bits per heavy atom. The summed E-state index contributed by atoms with van der Waals surface area (Å²) in [5, 5.41) is 2.86. The van der Waals surface area contributed by atoms with Gasteiger partial charge in [-0.05, 0) is 51.0 Å². The summed E-state index contributed by atoms with van der Waals surface area (Å²) in [7, 11) is 0. The Labute approximate surface area is 125 Å². The molecule has 0 spiro atoms. The Kier molecular flexibility index (Phi) is 5.33. The highest BCUT2D eigenvalue weighted by atomic mass is 16.5. The first kappa shape index (κ1) is 15.5. The molecule has 0 aliphatic carbocycles. The van der Waals surface area contributed by atoms with Crippen molar-refractivity contribution < 1.29 is 14.3 Å². The van der Waals surface area contributed by atoms with Gasteiger partial charge in [0.2, 0.25) is 0 Å². The zero-order valence-electron chi connectivity index (χ0n) is 12.6. The number of ether oxygens (including phenoxy) is 1. The molecule has 2 rings (SSSR count). The summed E-state index contributed by atoms with van der Waals surface area (Å²) in [4.78, 5) is 25.2. The lowest BCUT2D eigenvalue weighted by Crippen LogP contribution is -2.45. The molecule has 0 radical (unpaired) electrons. The molecule has 21 heavy (non-hydrogen) atoms. The zero-order chi connectivity index (χ0) is 15.2. The van der Waals surface area contributed by atoms with Gasteiger partial charge in [-0.25, -0.2) is 4.79 Å². The van der Waals surface area contributed by atoms with Gasteiger partial charge in [-0.15, -0.1) is 0 Å². The first-order valence-electron chi connectivity index (χ1n) is 7.38. The molecule has 0 saturated carbocycles. The van der Waals surface area contributed by atoms with Gasteiger partial charge in [0.15, 0.2) is 5.78 Å². The molecular weight excluding hydrogens is 268 g/mol. The minimum Gasteiger partial charge on any atom is -0.377 e. The fraction of sp³-hybridized carbons (Fsp3) is 0.500. The van der Waals surface area contributed by atoms with Crippen molar-refractivity contribution in [1.82, 2.24) is 4.90 Å². The Bertz CT molecular complexity index is 497. The van der Waals surface area contributed by atoms with E-state index in [2.05, 4.69) is 5.32 Å². The van der Waals surface area contributed by atoms with Crippen molar-refractivity contribution in [2.45, 2.75) is 32.8 Å². The molecule has 5 nitrogen and oxygen atoms in total. The fourth-order valence-electron chi connectivity index (χ4n) is 2.49. The van der Waals surface area contributed by atoms with Crippen LogP contribution in [0.5, 0.6) is 0 Å². The van der Waals surface area contributed by atoms with Crippen LogP contribution in [-0.2, 0) is 4.74 Å². The predicted molar refractivity (Wildman–Crippen MR) is 81.7 cm³/mol. The number of anilines is 1. The maximum absolute atomic E-state index is 12.2. The molecule has 1 fully saturated rings. The molecule has 2 amide bonds. The third kappa shape index (κ3) is 4.29. The third-order valence-electron chi connectivity index (χ3n) is 3.61. The molecule has 0 bridgehead atoms. The second-order valence-electron chi connectivity index (χ2n) is 5.23. The van der Waals surface area contributed by atoms with E-state index in [-0.39, 0.29) is 17.9 Å². The Morgan fingerprint density at radius 1 is 1.33 bits per heavy atom. The van der Waals surface area contributed by atoms with Crippen molar-refractivity contribution in [3.63, 3.8) is 0 Å². The number of carbonyl (C=O) groups excluding carboxylic acids is 2. The molecule has 1 aliphatic heterocycles. The maximum atomic E-state index is 12.2. The average Bonchev–Trinajstić information content (AvgIpc) is 2.48. The largest absolute Gasteiger partial charge is 0.377 e. The van der Waals surface area contributed by atoms with Gasteiger partial charge >= 0.3 is 6.03 Å². The summed E-state index contributed by atoms with van der Waals surface area (Å²) in [6, 6.07) is 6.82. The van der Waals surface area contributed by atoms with Crippen LogP contribution in [0.3, 0.4) is 0 Å². The summed E-state index contributed by atoms with van der Waals surface area (Å²) in [5.41, 5.74) is 1.34. The number of amides is 2. The summed E-state index contributed by atoms with van der Waals surface area (Å²) in [6.07, 6.45) is 2.10. The number of hydrogen-bond acceptors (Lipinski definition) is 3. The zero-order valence-corrected chi connectivity index (χ0v) is 12.6. The number of benzene rings is 1. The average molecular weight is 290 g/mol. The number of hydrogen-bond donors (Lipinski definition) is 1. The number of urea groups is 1.